The van der Waals surface area contributed by atoms with Gasteiger partial charge >= 0.3 is 0 Å². The van der Waals surface area contributed by atoms with Gasteiger partial charge in [-0.15, -0.1) is 0 Å². The summed E-state index contributed by atoms with van der Waals surface area (Å²) < 4.78 is 6.98. The van der Waals surface area contributed by atoms with Gasteiger partial charge in [0.05, 0.1) is 11.1 Å². The molecule has 6 heteroatoms. The van der Waals surface area contributed by atoms with E-state index in [9.17, 15) is 4.79 Å². The summed E-state index contributed by atoms with van der Waals surface area (Å²) >= 11 is 0. The van der Waals surface area contributed by atoms with E-state index in [2.05, 4.69) is 16.2 Å². The zero-order valence-electron chi connectivity index (χ0n) is 12.1. The minimum absolute atomic E-state index is 0.0558. The van der Waals surface area contributed by atoms with E-state index in [1.54, 1.807) is 0 Å². The summed E-state index contributed by atoms with van der Waals surface area (Å²) in [4.78, 5) is 17.1. The lowest BCUT2D eigenvalue weighted by molar-refractivity contribution is 0.380. The predicted molar refractivity (Wildman–Crippen MR) is 82.6 cm³/mol. The van der Waals surface area contributed by atoms with E-state index in [0.717, 1.165) is 30.3 Å². The highest BCUT2D eigenvalue weighted by Crippen LogP contribution is 2.26. The highest BCUT2D eigenvalue weighted by atomic mass is 16.5. The second-order valence-corrected chi connectivity index (χ2v) is 5.52. The van der Waals surface area contributed by atoms with Gasteiger partial charge in [0.2, 0.25) is 11.7 Å². The average molecular weight is 296 g/mol. The van der Waals surface area contributed by atoms with Crippen LogP contribution in [0.4, 0.5) is 0 Å². The SMILES string of the molecule is NCCc1nc(-c2cc3cccc4c3n(c2=O)CCC4)no1. The number of nitrogens with two attached hydrogens (primary N) is 1. The minimum Gasteiger partial charge on any atom is -0.339 e. The Kier molecular flexibility index (Phi) is 3.04. The van der Waals surface area contributed by atoms with Crippen LogP contribution in [-0.4, -0.2) is 21.3 Å². The van der Waals surface area contributed by atoms with Crippen LogP contribution in [0.5, 0.6) is 0 Å². The van der Waals surface area contributed by atoms with E-state index >= 15 is 0 Å². The van der Waals surface area contributed by atoms with Crippen molar-refractivity contribution < 1.29 is 4.52 Å². The van der Waals surface area contributed by atoms with E-state index in [4.69, 9.17) is 10.3 Å². The van der Waals surface area contributed by atoms with Crippen LogP contribution in [0, 0.1) is 0 Å². The largest absolute Gasteiger partial charge is 0.339 e. The van der Waals surface area contributed by atoms with E-state index in [-0.39, 0.29) is 5.56 Å². The standard InChI is InChI=1S/C16H16N4O2/c17-7-6-13-18-15(19-22-13)12-9-11-4-1-3-10-5-2-8-20(14(10)11)16(12)21/h1,3-4,9H,2,5-8,17H2. The maximum absolute atomic E-state index is 12.8. The lowest BCUT2D eigenvalue weighted by atomic mass is 10.00. The van der Waals surface area contributed by atoms with Crippen molar-refractivity contribution in [3.63, 3.8) is 0 Å². The Morgan fingerprint density at radius 3 is 3.14 bits per heavy atom. The summed E-state index contributed by atoms with van der Waals surface area (Å²) in [5, 5.41) is 4.97. The molecule has 4 rings (SSSR count). The highest BCUT2D eigenvalue weighted by molar-refractivity contribution is 5.86. The first-order valence-electron chi connectivity index (χ1n) is 7.46. The molecular formula is C16H16N4O2. The molecule has 6 nitrogen and oxygen atoms in total. The number of benzene rings is 1. The quantitative estimate of drug-likeness (QED) is 0.791. The van der Waals surface area contributed by atoms with Crippen molar-refractivity contribution in [3.8, 4) is 11.4 Å². The molecule has 1 aliphatic rings. The maximum atomic E-state index is 12.8. The lowest BCUT2D eigenvalue weighted by Gasteiger charge is -2.19. The number of para-hydroxylation sites is 1. The van der Waals surface area contributed by atoms with Crippen LogP contribution in [0.25, 0.3) is 22.3 Å². The average Bonchev–Trinajstić information content (AvgIpc) is 2.99. The highest BCUT2D eigenvalue weighted by Gasteiger charge is 2.19. The van der Waals surface area contributed by atoms with Gasteiger partial charge in [0, 0.05) is 19.5 Å². The number of aryl methyl sites for hydroxylation is 2. The molecule has 0 amide bonds. The van der Waals surface area contributed by atoms with Crippen LogP contribution in [0.2, 0.25) is 0 Å². The molecule has 1 aliphatic heterocycles. The molecule has 0 saturated carbocycles. The van der Waals surface area contributed by atoms with Crippen molar-refractivity contribution in [1.82, 2.24) is 14.7 Å². The molecule has 0 fully saturated rings. The molecule has 0 spiro atoms. The number of hydrogen-bond donors (Lipinski definition) is 1. The van der Waals surface area contributed by atoms with Crippen LogP contribution >= 0.6 is 0 Å². The van der Waals surface area contributed by atoms with Crippen LogP contribution in [0.15, 0.2) is 33.6 Å². The first-order chi connectivity index (χ1) is 10.8. The van der Waals surface area contributed by atoms with Crippen LogP contribution in [-0.2, 0) is 19.4 Å². The molecule has 3 aromatic rings. The molecule has 1 aromatic carbocycles. The van der Waals surface area contributed by atoms with Crippen molar-refractivity contribution in [2.24, 2.45) is 5.73 Å². The molecule has 0 bridgehead atoms. The summed E-state index contributed by atoms with van der Waals surface area (Å²) in [7, 11) is 0. The van der Waals surface area contributed by atoms with Gasteiger partial charge in [0.15, 0.2) is 0 Å². The number of pyridine rings is 1. The fraction of sp³-hybridized carbons (Fsp3) is 0.312. The third kappa shape index (κ3) is 1.95. The van der Waals surface area contributed by atoms with E-state index in [1.165, 1.54) is 5.56 Å². The molecule has 112 valence electrons. The number of hydrogen-bond acceptors (Lipinski definition) is 5. The molecule has 2 N–H and O–H groups in total. The minimum atomic E-state index is -0.0558. The van der Waals surface area contributed by atoms with Crippen LogP contribution < -0.4 is 11.3 Å². The Hall–Kier alpha value is -2.47. The summed E-state index contributed by atoms with van der Waals surface area (Å²) in [5.41, 5.74) is 8.18. The van der Waals surface area contributed by atoms with Gasteiger partial charge in [0.25, 0.3) is 5.56 Å². The van der Waals surface area contributed by atoms with Gasteiger partial charge in [-0.25, -0.2) is 0 Å². The number of rotatable bonds is 3. The Labute approximate surface area is 126 Å². The van der Waals surface area contributed by atoms with E-state index < -0.39 is 0 Å². The summed E-state index contributed by atoms with van der Waals surface area (Å²) in [6, 6.07) is 7.99. The second kappa shape index (κ2) is 5.06. The van der Waals surface area contributed by atoms with E-state index in [0.29, 0.717) is 30.2 Å². The first kappa shape index (κ1) is 13.2. The van der Waals surface area contributed by atoms with E-state index in [1.807, 2.05) is 22.8 Å². The number of nitrogens with zero attached hydrogens (tertiary/aromatic N) is 3. The fourth-order valence-corrected chi connectivity index (χ4v) is 3.11. The summed E-state index contributed by atoms with van der Waals surface area (Å²) in [5.74, 6) is 0.805. The lowest BCUT2D eigenvalue weighted by Crippen LogP contribution is -2.26. The molecule has 0 aliphatic carbocycles. The van der Waals surface area contributed by atoms with Gasteiger partial charge in [-0.3, -0.25) is 4.79 Å². The van der Waals surface area contributed by atoms with Crippen molar-refractivity contribution in [2.75, 3.05) is 6.54 Å². The van der Waals surface area contributed by atoms with Crippen LogP contribution in [0.1, 0.15) is 17.9 Å². The topological polar surface area (TPSA) is 86.9 Å². The molecule has 22 heavy (non-hydrogen) atoms. The Morgan fingerprint density at radius 1 is 1.36 bits per heavy atom. The zero-order chi connectivity index (χ0) is 15.1. The van der Waals surface area contributed by atoms with Crippen molar-refractivity contribution >= 4 is 10.9 Å². The zero-order valence-corrected chi connectivity index (χ0v) is 12.1. The van der Waals surface area contributed by atoms with Crippen molar-refractivity contribution in [2.45, 2.75) is 25.8 Å². The first-order valence-corrected chi connectivity index (χ1v) is 7.46. The van der Waals surface area contributed by atoms with Gasteiger partial charge in [-0.1, -0.05) is 23.4 Å². The van der Waals surface area contributed by atoms with Crippen LogP contribution in [0.3, 0.4) is 0 Å². The predicted octanol–water partition coefficient (Wildman–Crippen LogP) is 1.50. The number of aromatic nitrogens is 3. The Balaban J connectivity index is 1.95. The molecule has 2 aromatic heterocycles. The third-order valence-electron chi connectivity index (χ3n) is 4.09. The molecule has 0 atom stereocenters. The van der Waals surface area contributed by atoms with Crippen molar-refractivity contribution in [1.29, 1.82) is 0 Å². The third-order valence-corrected chi connectivity index (χ3v) is 4.09. The monoisotopic (exact) mass is 296 g/mol. The molecule has 0 saturated heterocycles. The smallest absolute Gasteiger partial charge is 0.262 e. The molecule has 0 unspecified atom stereocenters. The maximum Gasteiger partial charge on any atom is 0.262 e. The molecular weight excluding hydrogens is 280 g/mol. The van der Waals surface area contributed by atoms with Crippen molar-refractivity contribution in [3.05, 3.63) is 46.1 Å². The summed E-state index contributed by atoms with van der Waals surface area (Å²) in [6.45, 7) is 1.17. The molecule has 3 heterocycles. The Bertz CT molecular complexity index is 910. The Morgan fingerprint density at radius 2 is 2.27 bits per heavy atom. The van der Waals surface area contributed by atoms with Gasteiger partial charge in [-0.2, -0.15) is 4.98 Å². The summed E-state index contributed by atoms with van der Waals surface area (Å²) in [6.07, 6.45) is 2.50. The van der Waals surface area contributed by atoms with Gasteiger partial charge < -0.3 is 14.8 Å². The normalized spacial score (nSPS) is 13.7. The van der Waals surface area contributed by atoms with Gasteiger partial charge in [-0.05, 0) is 29.9 Å². The second-order valence-electron chi connectivity index (χ2n) is 5.52. The fourth-order valence-electron chi connectivity index (χ4n) is 3.11. The molecule has 0 radical (unpaired) electrons. The van der Waals surface area contributed by atoms with Gasteiger partial charge in [0.1, 0.15) is 0 Å².